The first-order valence-corrected chi connectivity index (χ1v) is 13.9. The van der Waals surface area contributed by atoms with Crippen LogP contribution >= 0.6 is 15.9 Å². The zero-order chi connectivity index (χ0) is 25.6. The molecule has 0 N–H and O–H groups in total. The van der Waals surface area contributed by atoms with E-state index < -0.39 is 5.41 Å². The van der Waals surface area contributed by atoms with Gasteiger partial charge in [0.05, 0.1) is 5.41 Å². The van der Waals surface area contributed by atoms with Crippen molar-refractivity contribution < 1.29 is 4.74 Å². The standard InChI is InChI=1S/C36H25BrO/c1-35(2)28-12-6-4-10-25(28)26-20-32-34(21-31(26)35)38-33-14-8-7-13-29(33)36(32)27-11-5-3-9-22(27)15-16-23-17-18-24(37)19-30(23)36/h3-21H,1-2H3. The normalized spacial score (nSPS) is 18.8. The Morgan fingerprint density at radius 3 is 2.05 bits per heavy atom. The fourth-order valence-electron chi connectivity index (χ4n) is 7.12. The molecule has 1 nitrogen and oxygen atoms in total. The third-order valence-corrected chi connectivity index (χ3v) is 9.32. The van der Waals surface area contributed by atoms with E-state index in [9.17, 15) is 0 Å². The number of para-hydroxylation sites is 1. The van der Waals surface area contributed by atoms with Gasteiger partial charge < -0.3 is 4.74 Å². The Hall–Kier alpha value is -3.88. The van der Waals surface area contributed by atoms with Gasteiger partial charge in [0.2, 0.25) is 0 Å². The maximum absolute atomic E-state index is 6.79. The molecule has 1 spiro atoms. The van der Waals surface area contributed by atoms with E-state index >= 15 is 0 Å². The lowest BCUT2D eigenvalue weighted by atomic mass is 9.62. The van der Waals surface area contributed by atoms with Gasteiger partial charge in [0, 0.05) is 21.0 Å². The Kier molecular flexibility index (Phi) is 4.42. The van der Waals surface area contributed by atoms with Crippen LogP contribution in [0.2, 0.25) is 0 Å². The maximum Gasteiger partial charge on any atom is 0.132 e. The van der Waals surface area contributed by atoms with E-state index in [1.165, 1.54) is 55.6 Å². The number of fused-ring (bicyclic) bond motifs is 11. The summed E-state index contributed by atoms with van der Waals surface area (Å²) in [5.41, 5.74) is 12.0. The van der Waals surface area contributed by atoms with Crippen LogP contribution < -0.4 is 4.74 Å². The van der Waals surface area contributed by atoms with E-state index in [0.29, 0.717) is 0 Å². The second-order valence-electron chi connectivity index (χ2n) is 11.1. The molecule has 1 unspecified atom stereocenters. The molecule has 8 rings (SSSR count). The molecule has 1 heterocycles. The van der Waals surface area contributed by atoms with Crippen molar-refractivity contribution in [3.8, 4) is 22.6 Å². The fraction of sp³-hybridized carbons (Fsp3) is 0.111. The molecule has 0 amide bonds. The van der Waals surface area contributed by atoms with Crippen LogP contribution in [0.1, 0.15) is 58.4 Å². The van der Waals surface area contributed by atoms with Gasteiger partial charge in [0.25, 0.3) is 0 Å². The van der Waals surface area contributed by atoms with Crippen LogP contribution in [0.3, 0.4) is 0 Å². The van der Waals surface area contributed by atoms with E-state index in [2.05, 4.69) is 145 Å². The highest BCUT2D eigenvalue weighted by Gasteiger charge is 2.49. The minimum absolute atomic E-state index is 0.0989. The largest absolute Gasteiger partial charge is 0.457 e. The first kappa shape index (κ1) is 22.1. The summed E-state index contributed by atoms with van der Waals surface area (Å²) in [7, 11) is 0. The van der Waals surface area contributed by atoms with Gasteiger partial charge >= 0.3 is 0 Å². The zero-order valence-corrected chi connectivity index (χ0v) is 22.8. The Bertz CT molecular complexity index is 1840. The van der Waals surface area contributed by atoms with Crippen LogP contribution in [-0.4, -0.2) is 0 Å². The average molecular weight is 553 g/mol. The van der Waals surface area contributed by atoms with Crippen LogP contribution in [0.4, 0.5) is 0 Å². The van der Waals surface area contributed by atoms with Crippen molar-refractivity contribution >= 4 is 28.1 Å². The summed E-state index contributed by atoms with van der Waals surface area (Å²) in [6, 6.07) is 37.7. The van der Waals surface area contributed by atoms with Gasteiger partial charge in [-0.2, -0.15) is 0 Å². The Labute approximate surface area is 231 Å². The monoisotopic (exact) mass is 552 g/mol. The number of benzene rings is 5. The minimum atomic E-state index is -0.542. The molecule has 0 saturated carbocycles. The van der Waals surface area contributed by atoms with E-state index in [-0.39, 0.29) is 5.41 Å². The number of ether oxygens (including phenoxy) is 1. The van der Waals surface area contributed by atoms with Crippen molar-refractivity contribution in [1.29, 1.82) is 0 Å². The molecule has 2 heteroatoms. The summed E-state index contributed by atoms with van der Waals surface area (Å²) in [5.74, 6) is 1.85. The third-order valence-electron chi connectivity index (χ3n) is 8.83. The highest BCUT2D eigenvalue weighted by atomic mass is 79.9. The molecular formula is C36H25BrO. The Morgan fingerprint density at radius 1 is 0.526 bits per heavy atom. The van der Waals surface area contributed by atoms with Gasteiger partial charge in [0.1, 0.15) is 11.5 Å². The molecule has 182 valence electrons. The van der Waals surface area contributed by atoms with E-state index in [1.54, 1.807) is 0 Å². The fourth-order valence-corrected chi connectivity index (χ4v) is 7.48. The first-order valence-electron chi connectivity index (χ1n) is 13.1. The highest BCUT2D eigenvalue weighted by Crippen LogP contribution is 2.61. The van der Waals surface area contributed by atoms with Crippen LogP contribution in [0.15, 0.2) is 108 Å². The molecule has 5 aromatic rings. The Balaban J connectivity index is 1.58. The molecule has 1 aliphatic heterocycles. The SMILES string of the molecule is CC1(C)c2ccccc2-c2cc3c(cc21)Oc1ccccc1C31c2ccccc2C=Cc2ccc(Br)cc21. The number of hydrogen-bond donors (Lipinski definition) is 0. The number of hydrogen-bond acceptors (Lipinski definition) is 1. The van der Waals surface area contributed by atoms with Crippen molar-refractivity contribution in [2.75, 3.05) is 0 Å². The highest BCUT2D eigenvalue weighted by molar-refractivity contribution is 9.10. The number of rotatable bonds is 0. The zero-order valence-electron chi connectivity index (χ0n) is 21.3. The van der Waals surface area contributed by atoms with Crippen molar-refractivity contribution in [2.24, 2.45) is 0 Å². The quantitative estimate of drug-likeness (QED) is 0.182. The molecule has 0 fully saturated rings. The summed E-state index contributed by atoms with van der Waals surface area (Å²) < 4.78 is 7.86. The topological polar surface area (TPSA) is 9.23 Å². The third kappa shape index (κ3) is 2.71. The molecule has 3 aliphatic rings. The lowest BCUT2D eigenvalue weighted by molar-refractivity contribution is 0.433. The van der Waals surface area contributed by atoms with Crippen molar-refractivity contribution in [3.63, 3.8) is 0 Å². The van der Waals surface area contributed by atoms with E-state index in [0.717, 1.165) is 16.0 Å². The predicted octanol–water partition coefficient (Wildman–Crippen LogP) is 9.73. The molecule has 1 atom stereocenters. The lowest BCUT2D eigenvalue weighted by Crippen LogP contribution is -2.35. The number of halogens is 1. The lowest BCUT2D eigenvalue weighted by Gasteiger charge is -2.43. The summed E-state index contributed by atoms with van der Waals surface area (Å²) in [6.07, 6.45) is 4.53. The van der Waals surface area contributed by atoms with Crippen molar-refractivity contribution in [1.82, 2.24) is 0 Å². The molecule has 5 aromatic carbocycles. The smallest absolute Gasteiger partial charge is 0.132 e. The first-order chi connectivity index (χ1) is 18.5. The van der Waals surface area contributed by atoms with Crippen molar-refractivity contribution in [2.45, 2.75) is 24.7 Å². The molecule has 0 saturated heterocycles. The van der Waals surface area contributed by atoms with Gasteiger partial charge in [-0.1, -0.05) is 115 Å². The van der Waals surface area contributed by atoms with Crippen LogP contribution in [0, 0.1) is 0 Å². The predicted molar refractivity (Wildman–Crippen MR) is 159 cm³/mol. The molecular weight excluding hydrogens is 528 g/mol. The molecule has 38 heavy (non-hydrogen) atoms. The van der Waals surface area contributed by atoms with Crippen LogP contribution in [0.25, 0.3) is 23.3 Å². The molecule has 0 radical (unpaired) electrons. The second kappa shape index (κ2) is 7.58. The second-order valence-corrected chi connectivity index (χ2v) is 12.0. The minimum Gasteiger partial charge on any atom is -0.457 e. The van der Waals surface area contributed by atoms with E-state index in [1.807, 2.05) is 0 Å². The van der Waals surface area contributed by atoms with Gasteiger partial charge in [-0.05, 0) is 74.8 Å². The summed E-state index contributed by atoms with van der Waals surface area (Å²) in [5, 5.41) is 0. The van der Waals surface area contributed by atoms with Crippen LogP contribution in [-0.2, 0) is 10.8 Å². The van der Waals surface area contributed by atoms with Gasteiger partial charge in [-0.3, -0.25) is 0 Å². The van der Waals surface area contributed by atoms with Gasteiger partial charge in [-0.15, -0.1) is 0 Å². The Morgan fingerprint density at radius 2 is 1.21 bits per heavy atom. The van der Waals surface area contributed by atoms with Gasteiger partial charge in [0.15, 0.2) is 0 Å². The summed E-state index contributed by atoms with van der Waals surface area (Å²) in [4.78, 5) is 0. The van der Waals surface area contributed by atoms with E-state index in [4.69, 9.17) is 4.74 Å². The van der Waals surface area contributed by atoms with Crippen LogP contribution in [0.5, 0.6) is 11.5 Å². The maximum atomic E-state index is 6.79. The average Bonchev–Trinajstić information content (AvgIpc) is 3.07. The molecule has 2 aliphatic carbocycles. The summed E-state index contributed by atoms with van der Waals surface area (Å²) in [6.45, 7) is 4.65. The van der Waals surface area contributed by atoms with Gasteiger partial charge in [-0.25, -0.2) is 0 Å². The summed E-state index contributed by atoms with van der Waals surface area (Å²) >= 11 is 3.82. The van der Waals surface area contributed by atoms with Crippen molar-refractivity contribution in [3.05, 3.63) is 152 Å². The molecule has 0 aromatic heterocycles. The molecule has 0 bridgehead atoms.